The maximum atomic E-state index is 14.1. The van der Waals surface area contributed by atoms with Gasteiger partial charge in [-0.15, -0.1) is 0 Å². The maximum absolute atomic E-state index is 14.1. The third-order valence-corrected chi connectivity index (χ3v) is 5.23. The van der Waals surface area contributed by atoms with Gasteiger partial charge in [0.15, 0.2) is 0 Å². The highest BCUT2D eigenvalue weighted by atomic mass is 79.9. The fourth-order valence-electron chi connectivity index (χ4n) is 2.82. The van der Waals surface area contributed by atoms with Crippen molar-refractivity contribution in [1.82, 2.24) is 0 Å². The van der Waals surface area contributed by atoms with Gasteiger partial charge in [-0.3, -0.25) is 9.59 Å². The fraction of sp³-hybridized carbons (Fsp3) is 0.130. The fourth-order valence-corrected chi connectivity index (χ4v) is 3.06. The summed E-state index contributed by atoms with van der Waals surface area (Å²) in [5, 5.41) is 8.32. The number of nitrogens with one attached hydrogen (secondary N) is 3. The minimum atomic E-state index is -0.545. The lowest BCUT2D eigenvalue weighted by atomic mass is 10.1. The van der Waals surface area contributed by atoms with Gasteiger partial charge >= 0.3 is 0 Å². The Morgan fingerprint density at radius 1 is 0.900 bits per heavy atom. The number of aryl methyl sites for hydroxylation is 1. The molecule has 0 saturated carbocycles. The highest BCUT2D eigenvalue weighted by molar-refractivity contribution is 9.10. The van der Waals surface area contributed by atoms with Crippen LogP contribution in [-0.4, -0.2) is 18.4 Å². The van der Waals surface area contributed by atoms with Crippen molar-refractivity contribution in [2.75, 3.05) is 22.5 Å². The Balaban J connectivity index is 1.57. The van der Waals surface area contributed by atoms with Crippen LogP contribution in [-0.2, 0) is 16.0 Å². The Kier molecular flexibility index (Phi) is 7.19. The van der Waals surface area contributed by atoms with Crippen LogP contribution in [0.5, 0.6) is 0 Å². The molecule has 5 nitrogen and oxygen atoms in total. The van der Waals surface area contributed by atoms with Crippen molar-refractivity contribution in [2.45, 2.75) is 13.3 Å². The first kappa shape index (κ1) is 21.5. The first-order valence-corrected chi connectivity index (χ1v) is 10.1. The number of anilines is 3. The van der Waals surface area contributed by atoms with Gasteiger partial charge < -0.3 is 16.0 Å². The summed E-state index contributed by atoms with van der Waals surface area (Å²) in [5.74, 6) is -1.10. The molecule has 0 aliphatic rings. The lowest BCUT2D eigenvalue weighted by Crippen LogP contribution is -2.22. The summed E-state index contributed by atoms with van der Waals surface area (Å²) < 4.78 is 15.1. The molecule has 0 unspecified atom stereocenters. The topological polar surface area (TPSA) is 70.2 Å². The van der Waals surface area contributed by atoms with E-state index in [2.05, 4.69) is 31.9 Å². The predicted molar refractivity (Wildman–Crippen MR) is 121 cm³/mol. The second-order valence-corrected chi connectivity index (χ2v) is 7.63. The lowest BCUT2D eigenvalue weighted by molar-refractivity contribution is -0.116. The van der Waals surface area contributed by atoms with Gasteiger partial charge in [-0.2, -0.15) is 0 Å². The molecule has 3 aromatic carbocycles. The number of hydrogen-bond donors (Lipinski definition) is 3. The summed E-state index contributed by atoms with van der Waals surface area (Å²) in [4.78, 5) is 24.4. The first-order chi connectivity index (χ1) is 14.4. The third kappa shape index (κ3) is 6.15. The van der Waals surface area contributed by atoms with E-state index in [0.29, 0.717) is 11.4 Å². The maximum Gasteiger partial charge on any atom is 0.243 e. The average molecular weight is 470 g/mol. The van der Waals surface area contributed by atoms with Gasteiger partial charge in [0, 0.05) is 15.8 Å². The summed E-state index contributed by atoms with van der Waals surface area (Å²) in [6, 6.07) is 19.0. The molecule has 3 aromatic rings. The summed E-state index contributed by atoms with van der Waals surface area (Å²) in [6.45, 7) is 1.93. The molecule has 0 aliphatic heterocycles. The standard InChI is InChI=1S/C23H21BrFN3O2/c1-15-11-18(7-9-19(15)24)27-23(30)14-26-17-8-10-20(25)21(13-17)28-22(29)12-16-5-3-2-4-6-16/h2-11,13,26H,12,14H2,1H3,(H,27,30)(H,28,29). The van der Waals surface area contributed by atoms with E-state index in [1.807, 2.05) is 49.4 Å². The molecule has 7 heteroatoms. The van der Waals surface area contributed by atoms with Crippen LogP contribution in [0.3, 0.4) is 0 Å². The molecule has 154 valence electrons. The molecule has 0 saturated heterocycles. The molecule has 3 rings (SSSR count). The lowest BCUT2D eigenvalue weighted by Gasteiger charge is -2.11. The molecule has 2 amide bonds. The zero-order chi connectivity index (χ0) is 21.5. The number of rotatable bonds is 7. The second kappa shape index (κ2) is 10.0. The van der Waals surface area contributed by atoms with Gasteiger partial charge in [-0.1, -0.05) is 46.3 Å². The molecule has 0 fully saturated rings. The predicted octanol–water partition coefficient (Wildman–Crippen LogP) is 5.13. The molecule has 0 atom stereocenters. The smallest absolute Gasteiger partial charge is 0.243 e. The van der Waals surface area contributed by atoms with E-state index in [4.69, 9.17) is 0 Å². The monoisotopic (exact) mass is 469 g/mol. The largest absolute Gasteiger partial charge is 0.376 e. The van der Waals surface area contributed by atoms with Gasteiger partial charge in [0.25, 0.3) is 0 Å². The summed E-state index contributed by atoms with van der Waals surface area (Å²) in [5.41, 5.74) is 3.12. The van der Waals surface area contributed by atoms with E-state index < -0.39 is 5.82 Å². The Labute approximate surface area is 182 Å². The van der Waals surface area contributed by atoms with Crippen LogP contribution in [0.4, 0.5) is 21.5 Å². The highest BCUT2D eigenvalue weighted by Crippen LogP contribution is 2.21. The van der Waals surface area contributed by atoms with Crippen molar-refractivity contribution in [2.24, 2.45) is 0 Å². The van der Waals surface area contributed by atoms with E-state index in [1.54, 1.807) is 6.07 Å². The van der Waals surface area contributed by atoms with E-state index in [-0.39, 0.29) is 30.5 Å². The molecule has 0 radical (unpaired) electrons. The van der Waals surface area contributed by atoms with Crippen LogP contribution in [0.25, 0.3) is 0 Å². The molecule has 30 heavy (non-hydrogen) atoms. The minimum absolute atomic E-state index is 0.00184. The van der Waals surface area contributed by atoms with Gasteiger partial charge in [0.05, 0.1) is 18.7 Å². The van der Waals surface area contributed by atoms with Crippen LogP contribution in [0, 0.1) is 12.7 Å². The van der Waals surface area contributed by atoms with E-state index in [9.17, 15) is 14.0 Å². The van der Waals surface area contributed by atoms with Crippen molar-refractivity contribution in [3.05, 3.63) is 88.1 Å². The van der Waals surface area contributed by atoms with Crippen molar-refractivity contribution in [3.63, 3.8) is 0 Å². The second-order valence-electron chi connectivity index (χ2n) is 6.77. The summed E-state index contributed by atoms with van der Waals surface area (Å²) in [6.07, 6.45) is 0.146. The Morgan fingerprint density at radius 2 is 1.63 bits per heavy atom. The molecule has 0 bridgehead atoms. The average Bonchev–Trinajstić information content (AvgIpc) is 2.72. The minimum Gasteiger partial charge on any atom is -0.376 e. The van der Waals surface area contributed by atoms with Crippen LogP contribution in [0.1, 0.15) is 11.1 Å². The van der Waals surface area contributed by atoms with E-state index in [1.165, 1.54) is 18.2 Å². The number of halogens is 2. The van der Waals surface area contributed by atoms with Gasteiger partial charge in [0.1, 0.15) is 5.82 Å². The zero-order valence-electron chi connectivity index (χ0n) is 16.3. The SMILES string of the molecule is Cc1cc(NC(=O)CNc2ccc(F)c(NC(=O)Cc3ccccc3)c2)ccc1Br. The van der Waals surface area contributed by atoms with Crippen LogP contribution < -0.4 is 16.0 Å². The number of benzene rings is 3. The zero-order valence-corrected chi connectivity index (χ0v) is 17.9. The van der Waals surface area contributed by atoms with Gasteiger partial charge in [-0.25, -0.2) is 4.39 Å². The molecular weight excluding hydrogens is 449 g/mol. The Bertz CT molecular complexity index is 1060. The highest BCUT2D eigenvalue weighted by Gasteiger charge is 2.10. The molecular formula is C23H21BrFN3O2. The Morgan fingerprint density at radius 3 is 2.37 bits per heavy atom. The van der Waals surface area contributed by atoms with E-state index >= 15 is 0 Å². The third-order valence-electron chi connectivity index (χ3n) is 4.34. The molecule has 3 N–H and O–H groups in total. The van der Waals surface area contributed by atoms with Crippen molar-refractivity contribution in [1.29, 1.82) is 0 Å². The molecule has 0 aromatic heterocycles. The molecule has 0 heterocycles. The summed E-state index contributed by atoms with van der Waals surface area (Å²) >= 11 is 3.42. The van der Waals surface area contributed by atoms with Crippen molar-refractivity contribution < 1.29 is 14.0 Å². The molecule has 0 aliphatic carbocycles. The van der Waals surface area contributed by atoms with Crippen LogP contribution >= 0.6 is 15.9 Å². The van der Waals surface area contributed by atoms with E-state index in [0.717, 1.165) is 15.6 Å². The van der Waals surface area contributed by atoms with Crippen LogP contribution in [0.2, 0.25) is 0 Å². The van der Waals surface area contributed by atoms with Crippen molar-refractivity contribution in [3.8, 4) is 0 Å². The normalized spacial score (nSPS) is 10.4. The number of carbonyl (C=O) groups is 2. The van der Waals surface area contributed by atoms with Crippen LogP contribution in [0.15, 0.2) is 71.2 Å². The van der Waals surface area contributed by atoms with Gasteiger partial charge in [-0.05, 0) is 54.4 Å². The number of hydrogen-bond acceptors (Lipinski definition) is 3. The summed E-state index contributed by atoms with van der Waals surface area (Å²) in [7, 11) is 0. The van der Waals surface area contributed by atoms with Gasteiger partial charge in [0.2, 0.25) is 11.8 Å². The number of amides is 2. The number of carbonyl (C=O) groups excluding carboxylic acids is 2. The molecule has 0 spiro atoms. The Hall–Kier alpha value is -3.19. The van der Waals surface area contributed by atoms with Crippen molar-refractivity contribution >= 4 is 44.8 Å². The quantitative estimate of drug-likeness (QED) is 0.449. The first-order valence-electron chi connectivity index (χ1n) is 9.34.